The highest BCUT2D eigenvalue weighted by Gasteiger charge is 2.02. The first-order valence-electron chi connectivity index (χ1n) is 6.57. The van der Waals surface area contributed by atoms with E-state index in [2.05, 4.69) is 48.1 Å². The maximum absolute atomic E-state index is 5.24. The second-order valence-corrected chi connectivity index (χ2v) is 4.90. The van der Waals surface area contributed by atoms with Gasteiger partial charge in [-0.25, -0.2) is 0 Å². The average molecular weight is 246 g/mol. The van der Waals surface area contributed by atoms with Gasteiger partial charge in [-0.2, -0.15) is 0 Å². The van der Waals surface area contributed by atoms with Crippen molar-refractivity contribution in [3.05, 3.63) is 30.5 Å². The van der Waals surface area contributed by atoms with E-state index in [0.29, 0.717) is 6.04 Å². The molecule has 0 aliphatic carbocycles. The molecule has 0 unspecified atom stereocenters. The molecule has 0 fully saturated rings. The van der Waals surface area contributed by atoms with Crippen LogP contribution in [0.25, 0.3) is 10.9 Å². The van der Waals surface area contributed by atoms with Crippen molar-refractivity contribution in [2.24, 2.45) is 0 Å². The van der Waals surface area contributed by atoms with E-state index in [1.54, 1.807) is 7.11 Å². The molecule has 0 saturated carbocycles. The molecule has 0 bridgehead atoms. The molecule has 0 saturated heterocycles. The molecule has 3 nitrogen and oxygen atoms in total. The number of aryl methyl sites for hydroxylation is 1. The Morgan fingerprint density at radius 2 is 2.11 bits per heavy atom. The molecule has 1 aromatic carbocycles. The number of methoxy groups -OCH3 is 1. The molecule has 2 rings (SSSR count). The Kier molecular flexibility index (Phi) is 4.26. The standard InChI is InChI=1S/C15H22N2O/c1-12(2)16-8-4-9-17-10-7-13-11-14(18-3)5-6-15(13)17/h5-7,10-12,16H,4,8-9H2,1-3H3. The SMILES string of the molecule is COc1ccc2c(ccn2CCCNC(C)C)c1. The van der Waals surface area contributed by atoms with Gasteiger partial charge in [-0.1, -0.05) is 13.8 Å². The lowest BCUT2D eigenvalue weighted by molar-refractivity contribution is 0.415. The summed E-state index contributed by atoms with van der Waals surface area (Å²) in [7, 11) is 1.70. The van der Waals surface area contributed by atoms with Crippen LogP contribution in [0.2, 0.25) is 0 Å². The van der Waals surface area contributed by atoms with Gasteiger partial charge in [0, 0.05) is 29.7 Å². The van der Waals surface area contributed by atoms with E-state index in [9.17, 15) is 0 Å². The fourth-order valence-electron chi connectivity index (χ4n) is 2.14. The lowest BCUT2D eigenvalue weighted by Crippen LogP contribution is -2.24. The summed E-state index contributed by atoms with van der Waals surface area (Å²) in [5, 5.41) is 4.68. The van der Waals surface area contributed by atoms with Crippen LogP contribution in [0.1, 0.15) is 20.3 Å². The highest BCUT2D eigenvalue weighted by atomic mass is 16.5. The molecule has 98 valence electrons. The van der Waals surface area contributed by atoms with Crippen LogP contribution in [0, 0.1) is 0 Å². The molecule has 0 spiro atoms. The minimum Gasteiger partial charge on any atom is -0.497 e. The van der Waals surface area contributed by atoms with Crippen LogP contribution >= 0.6 is 0 Å². The third-order valence-corrected chi connectivity index (χ3v) is 3.11. The minimum absolute atomic E-state index is 0.565. The van der Waals surface area contributed by atoms with Gasteiger partial charge in [0.25, 0.3) is 0 Å². The summed E-state index contributed by atoms with van der Waals surface area (Å²) in [6.07, 6.45) is 3.30. The van der Waals surface area contributed by atoms with Gasteiger partial charge in [-0.3, -0.25) is 0 Å². The minimum atomic E-state index is 0.565. The van der Waals surface area contributed by atoms with Gasteiger partial charge >= 0.3 is 0 Å². The molecule has 0 amide bonds. The third kappa shape index (κ3) is 3.05. The molecule has 1 aromatic heterocycles. The van der Waals surface area contributed by atoms with Crippen LogP contribution in [0.15, 0.2) is 30.5 Å². The molecule has 0 aliphatic heterocycles. The monoisotopic (exact) mass is 246 g/mol. The van der Waals surface area contributed by atoms with Crippen LogP contribution in [0.3, 0.4) is 0 Å². The van der Waals surface area contributed by atoms with Gasteiger partial charge in [0.2, 0.25) is 0 Å². The van der Waals surface area contributed by atoms with Crippen LogP contribution in [-0.4, -0.2) is 24.3 Å². The van der Waals surface area contributed by atoms with E-state index >= 15 is 0 Å². The number of nitrogens with zero attached hydrogens (tertiary/aromatic N) is 1. The summed E-state index contributed by atoms with van der Waals surface area (Å²) in [5.74, 6) is 0.918. The van der Waals surface area contributed by atoms with Gasteiger partial charge < -0.3 is 14.6 Å². The summed E-state index contributed by atoms with van der Waals surface area (Å²) in [6, 6.07) is 8.94. The van der Waals surface area contributed by atoms with Crippen molar-refractivity contribution in [2.75, 3.05) is 13.7 Å². The Hall–Kier alpha value is -1.48. The zero-order valence-corrected chi connectivity index (χ0v) is 11.4. The van der Waals surface area contributed by atoms with Crippen LogP contribution in [0.4, 0.5) is 0 Å². The lowest BCUT2D eigenvalue weighted by atomic mass is 10.2. The van der Waals surface area contributed by atoms with E-state index in [4.69, 9.17) is 4.74 Å². The number of fused-ring (bicyclic) bond motifs is 1. The summed E-state index contributed by atoms with van der Waals surface area (Å²) >= 11 is 0. The summed E-state index contributed by atoms with van der Waals surface area (Å²) in [4.78, 5) is 0. The van der Waals surface area contributed by atoms with E-state index < -0.39 is 0 Å². The normalized spacial score (nSPS) is 11.3. The molecule has 0 aliphatic rings. The fraction of sp³-hybridized carbons (Fsp3) is 0.467. The number of ether oxygens (including phenoxy) is 1. The molecule has 1 heterocycles. The van der Waals surface area contributed by atoms with Crippen molar-refractivity contribution < 1.29 is 4.74 Å². The highest BCUT2D eigenvalue weighted by Crippen LogP contribution is 2.21. The van der Waals surface area contributed by atoms with Crippen molar-refractivity contribution in [3.8, 4) is 5.75 Å². The number of hydrogen-bond acceptors (Lipinski definition) is 2. The molecular weight excluding hydrogens is 224 g/mol. The van der Waals surface area contributed by atoms with Crippen LogP contribution in [0.5, 0.6) is 5.75 Å². The van der Waals surface area contributed by atoms with Crippen LogP contribution < -0.4 is 10.1 Å². The van der Waals surface area contributed by atoms with Crippen molar-refractivity contribution >= 4 is 10.9 Å². The van der Waals surface area contributed by atoms with E-state index in [1.165, 1.54) is 10.9 Å². The number of nitrogens with one attached hydrogen (secondary N) is 1. The molecule has 0 radical (unpaired) electrons. The second kappa shape index (κ2) is 5.91. The maximum Gasteiger partial charge on any atom is 0.119 e. The first-order valence-corrected chi connectivity index (χ1v) is 6.57. The quantitative estimate of drug-likeness (QED) is 0.793. The summed E-state index contributed by atoms with van der Waals surface area (Å²) in [6.45, 7) is 6.47. The largest absolute Gasteiger partial charge is 0.497 e. The molecule has 0 atom stereocenters. The third-order valence-electron chi connectivity index (χ3n) is 3.11. The highest BCUT2D eigenvalue weighted by molar-refractivity contribution is 5.81. The zero-order chi connectivity index (χ0) is 13.0. The average Bonchev–Trinajstić information content (AvgIpc) is 2.76. The lowest BCUT2D eigenvalue weighted by Gasteiger charge is -2.09. The number of aromatic nitrogens is 1. The van der Waals surface area contributed by atoms with Gasteiger partial charge in [-0.15, -0.1) is 0 Å². The zero-order valence-electron chi connectivity index (χ0n) is 11.4. The Morgan fingerprint density at radius 1 is 1.28 bits per heavy atom. The van der Waals surface area contributed by atoms with Crippen molar-refractivity contribution in [1.29, 1.82) is 0 Å². The Labute approximate surface area is 109 Å². The van der Waals surface area contributed by atoms with E-state index in [0.717, 1.165) is 25.3 Å². The van der Waals surface area contributed by atoms with Gasteiger partial charge in [-0.05, 0) is 37.2 Å². The number of rotatable bonds is 6. The second-order valence-electron chi connectivity index (χ2n) is 4.90. The summed E-state index contributed by atoms with van der Waals surface area (Å²) in [5.41, 5.74) is 1.28. The maximum atomic E-state index is 5.24. The fourth-order valence-corrected chi connectivity index (χ4v) is 2.14. The molecular formula is C15H22N2O. The predicted octanol–water partition coefficient (Wildman–Crippen LogP) is 3.04. The number of benzene rings is 1. The summed E-state index contributed by atoms with van der Waals surface area (Å²) < 4.78 is 7.54. The number of hydrogen-bond donors (Lipinski definition) is 1. The molecule has 18 heavy (non-hydrogen) atoms. The molecule has 3 heteroatoms. The smallest absolute Gasteiger partial charge is 0.119 e. The Bertz CT molecular complexity index is 502. The van der Waals surface area contributed by atoms with E-state index in [-0.39, 0.29) is 0 Å². The predicted molar refractivity (Wildman–Crippen MR) is 76.2 cm³/mol. The van der Waals surface area contributed by atoms with Crippen molar-refractivity contribution in [2.45, 2.75) is 32.9 Å². The van der Waals surface area contributed by atoms with Gasteiger partial charge in [0.05, 0.1) is 7.11 Å². The van der Waals surface area contributed by atoms with Gasteiger partial charge in [0.15, 0.2) is 0 Å². The molecule has 1 N–H and O–H groups in total. The first-order chi connectivity index (χ1) is 8.70. The van der Waals surface area contributed by atoms with Gasteiger partial charge in [0.1, 0.15) is 5.75 Å². The van der Waals surface area contributed by atoms with Crippen LogP contribution in [-0.2, 0) is 6.54 Å². The topological polar surface area (TPSA) is 26.2 Å². The van der Waals surface area contributed by atoms with Crippen molar-refractivity contribution in [1.82, 2.24) is 9.88 Å². The molecule has 2 aromatic rings. The first kappa shape index (κ1) is 13.0. The van der Waals surface area contributed by atoms with E-state index in [1.807, 2.05) is 6.07 Å². The Balaban J connectivity index is 2.01. The Morgan fingerprint density at radius 3 is 2.83 bits per heavy atom. The van der Waals surface area contributed by atoms with Crippen molar-refractivity contribution in [3.63, 3.8) is 0 Å².